The summed E-state index contributed by atoms with van der Waals surface area (Å²) in [6, 6.07) is 5.41. The second kappa shape index (κ2) is 5.81. The van der Waals surface area contributed by atoms with Crippen molar-refractivity contribution in [3.63, 3.8) is 0 Å². The highest BCUT2D eigenvalue weighted by molar-refractivity contribution is 7.89. The quantitative estimate of drug-likeness (QED) is 0.801. The van der Waals surface area contributed by atoms with Gasteiger partial charge in [-0.05, 0) is 49.4 Å². The summed E-state index contributed by atoms with van der Waals surface area (Å²) in [5.41, 5.74) is 2.03. The molecule has 1 unspecified atom stereocenters. The molecule has 106 valence electrons. The highest BCUT2D eigenvalue weighted by Gasteiger charge is 2.32. The minimum absolute atomic E-state index is 0.0929. The summed E-state index contributed by atoms with van der Waals surface area (Å²) in [5.74, 6) is 0.349. The van der Waals surface area contributed by atoms with Gasteiger partial charge in [-0.25, -0.2) is 8.42 Å². The van der Waals surface area contributed by atoms with Crippen LogP contribution >= 0.6 is 11.6 Å². The molecule has 1 saturated heterocycles. The molecular formula is C14H20ClNO2S. The van der Waals surface area contributed by atoms with E-state index in [1.807, 2.05) is 19.9 Å². The Morgan fingerprint density at radius 1 is 1.37 bits per heavy atom. The van der Waals surface area contributed by atoms with Gasteiger partial charge in [0.1, 0.15) is 0 Å². The van der Waals surface area contributed by atoms with Crippen LogP contribution in [0.3, 0.4) is 0 Å². The Bertz CT molecular complexity index is 557. The highest BCUT2D eigenvalue weighted by atomic mass is 35.5. The number of benzene rings is 1. The molecule has 0 N–H and O–H groups in total. The molecule has 1 aliphatic rings. The largest absolute Gasteiger partial charge is 0.243 e. The molecule has 19 heavy (non-hydrogen) atoms. The second-order valence-electron chi connectivity index (χ2n) is 5.02. The van der Waals surface area contributed by atoms with E-state index < -0.39 is 10.0 Å². The van der Waals surface area contributed by atoms with E-state index >= 15 is 0 Å². The Labute approximate surface area is 120 Å². The molecule has 0 radical (unpaired) electrons. The Kier molecular flexibility index (Phi) is 4.54. The fourth-order valence-corrected chi connectivity index (χ4v) is 4.63. The van der Waals surface area contributed by atoms with Gasteiger partial charge in [-0.15, -0.1) is 11.6 Å². The predicted molar refractivity (Wildman–Crippen MR) is 78.0 cm³/mol. The molecule has 1 aromatic rings. The molecule has 0 amide bonds. The second-order valence-corrected chi connectivity index (χ2v) is 7.18. The topological polar surface area (TPSA) is 37.4 Å². The van der Waals surface area contributed by atoms with Crippen LogP contribution in [0.25, 0.3) is 0 Å². The normalized spacial score (nSPS) is 20.9. The zero-order chi connectivity index (χ0) is 14.0. The van der Waals surface area contributed by atoms with E-state index in [1.165, 1.54) is 0 Å². The third-order valence-electron chi connectivity index (χ3n) is 3.80. The molecule has 0 bridgehead atoms. The van der Waals surface area contributed by atoms with Crippen molar-refractivity contribution >= 4 is 21.6 Å². The van der Waals surface area contributed by atoms with Gasteiger partial charge in [-0.1, -0.05) is 13.0 Å². The molecule has 2 rings (SSSR count). The van der Waals surface area contributed by atoms with Gasteiger partial charge >= 0.3 is 0 Å². The van der Waals surface area contributed by atoms with Gasteiger partial charge in [0.15, 0.2) is 0 Å². The monoisotopic (exact) mass is 301 g/mol. The Morgan fingerprint density at radius 3 is 2.63 bits per heavy atom. The lowest BCUT2D eigenvalue weighted by Gasteiger charge is -2.21. The van der Waals surface area contributed by atoms with Crippen molar-refractivity contribution in [3.8, 4) is 0 Å². The summed E-state index contributed by atoms with van der Waals surface area (Å²) >= 11 is 5.91. The molecule has 1 heterocycles. The molecular weight excluding hydrogens is 282 g/mol. The van der Waals surface area contributed by atoms with Crippen molar-refractivity contribution in [3.05, 3.63) is 29.3 Å². The lowest BCUT2D eigenvalue weighted by Crippen LogP contribution is -2.33. The summed E-state index contributed by atoms with van der Waals surface area (Å²) in [5, 5.41) is 0. The number of halogens is 1. The van der Waals surface area contributed by atoms with Gasteiger partial charge in [0.05, 0.1) is 4.90 Å². The molecule has 0 aromatic heterocycles. The fourth-order valence-electron chi connectivity index (χ4n) is 2.63. The van der Waals surface area contributed by atoms with Gasteiger partial charge in [-0.3, -0.25) is 0 Å². The van der Waals surface area contributed by atoms with Crippen molar-refractivity contribution in [2.24, 2.45) is 0 Å². The molecule has 1 aromatic carbocycles. The smallest absolute Gasteiger partial charge is 0.207 e. The molecule has 1 atom stereocenters. The summed E-state index contributed by atoms with van der Waals surface area (Å²) in [6.45, 7) is 4.63. The van der Waals surface area contributed by atoms with Crippen LogP contribution in [0.2, 0.25) is 0 Å². The zero-order valence-corrected chi connectivity index (χ0v) is 13.0. The zero-order valence-electron chi connectivity index (χ0n) is 11.4. The Morgan fingerprint density at radius 2 is 2.11 bits per heavy atom. The number of aryl methyl sites for hydroxylation is 1. The lowest BCUT2D eigenvalue weighted by atomic mass is 10.1. The molecule has 0 saturated carbocycles. The third-order valence-corrected chi connectivity index (χ3v) is 6.10. The van der Waals surface area contributed by atoms with Crippen LogP contribution in [-0.4, -0.2) is 25.3 Å². The minimum Gasteiger partial charge on any atom is -0.207 e. The number of rotatable bonds is 4. The first-order chi connectivity index (χ1) is 9.00. The summed E-state index contributed by atoms with van der Waals surface area (Å²) in [6.07, 6.45) is 2.74. The SMILES string of the molecule is CCc1ccc(S(=O)(=O)N2CCCC2C)cc1CCl. The first-order valence-corrected chi connectivity index (χ1v) is 8.67. The first kappa shape index (κ1) is 14.8. The Hall–Kier alpha value is -0.580. The lowest BCUT2D eigenvalue weighted by molar-refractivity contribution is 0.408. The van der Waals surface area contributed by atoms with Crippen molar-refractivity contribution < 1.29 is 8.42 Å². The summed E-state index contributed by atoms with van der Waals surface area (Å²) < 4.78 is 26.8. The summed E-state index contributed by atoms with van der Waals surface area (Å²) in [4.78, 5) is 0.370. The van der Waals surface area contributed by atoms with Crippen LogP contribution in [0, 0.1) is 0 Å². The maximum atomic E-state index is 12.6. The van der Waals surface area contributed by atoms with Crippen LogP contribution in [0.5, 0.6) is 0 Å². The third kappa shape index (κ3) is 2.81. The van der Waals surface area contributed by atoms with Crippen LogP contribution in [0.4, 0.5) is 0 Å². The average Bonchev–Trinajstić information content (AvgIpc) is 2.84. The van der Waals surface area contributed by atoms with E-state index in [1.54, 1.807) is 16.4 Å². The van der Waals surface area contributed by atoms with E-state index in [9.17, 15) is 8.42 Å². The van der Waals surface area contributed by atoms with Crippen LogP contribution in [-0.2, 0) is 22.3 Å². The van der Waals surface area contributed by atoms with Gasteiger partial charge in [0.25, 0.3) is 0 Å². The van der Waals surface area contributed by atoms with E-state index in [0.717, 1.165) is 30.4 Å². The van der Waals surface area contributed by atoms with E-state index in [-0.39, 0.29) is 6.04 Å². The predicted octanol–water partition coefficient (Wildman–Crippen LogP) is 3.16. The number of nitrogens with zero attached hydrogens (tertiary/aromatic N) is 1. The molecule has 0 aliphatic carbocycles. The average molecular weight is 302 g/mol. The van der Waals surface area contributed by atoms with Crippen molar-refractivity contribution in [2.75, 3.05) is 6.54 Å². The van der Waals surface area contributed by atoms with E-state index in [4.69, 9.17) is 11.6 Å². The Balaban J connectivity index is 2.40. The maximum Gasteiger partial charge on any atom is 0.243 e. The molecule has 1 fully saturated rings. The number of hydrogen-bond donors (Lipinski definition) is 0. The first-order valence-electron chi connectivity index (χ1n) is 6.70. The molecule has 5 heteroatoms. The van der Waals surface area contributed by atoms with E-state index in [2.05, 4.69) is 0 Å². The van der Waals surface area contributed by atoms with Crippen molar-refractivity contribution in [1.29, 1.82) is 0 Å². The standard InChI is InChI=1S/C14H20ClNO2S/c1-3-12-6-7-14(9-13(12)10-15)19(17,18)16-8-4-5-11(16)2/h6-7,9,11H,3-5,8,10H2,1-2H3. The number of hydrogen-bond acceptors (Lipinski definition) is 2. The van der Waals surface area contributed by atoms with Gasteiger partial charge in [0, 0.05) is 18.5 Å². The maximum absolute atomic E-state index is 12.6. The number of sulfonamides is 1. The van der Waals surface area contributed by atoms with Crippen molar-refractivity contribution in [2.45, 2.75) is 49.9 Å². The van der Waals surface area contributed by atoms with E-state index in [0.29, 0.717) is 17.3 Å². The van der Waals surface area contributed by atoms with Gasteiger partial charge in [0.2, 0.25) is 10.0 Å². The highest BCUT2D eigenvalue weighted by Crippen LogP contribution is 2.27. The van der Waals surface area contributed by atoms with Crippen LogP contribution < -0.4 is 0 Å². The van der Waals surface area contributed by atoms with Crippen LogP contribution in [0.1, 0.15) is 37.8 Å². The van der Waals surface area contributed by atoms with Gasteiger partial charge in [-0.2, -0.15) is 4.31 Å². The minimum atomic E-state index is -3.37. The molecule has 1 aliphatic heterocycles. The van der Waals surface area contributed by atoms with Crippen molar-refractivity contribution in [1.82, 2.24) is 4.31 Å². The molecule has 3 nitrogen and oxygen atoms in total. The van der Waals surface area contributed by atoms with Gasteiger partial charge < -0.3 is 0 Å². The molecule has 0 spiro atoms. The fraction of sp³-hybridized carbons (Fsp3) is 0.571. The summed E-state index contributed by atoms with van der Waals surface area (Å²) in [7, 11) is -3.37. The number of alkyl halides is 1. The van der Waals surface area contributed by atoms with Crippen LogP contribution in [0.15, 0.2) is 23.1 Å².